The number of phenolic OH excluding ortho intramolecular Hbond substituents is 1. The average molecular weight is 382 g/mol. The van der Waals surface area contributed by atoms with Crippen molar-refractivity contribution in [2.75, 3.05) is 11.9 Å². The van der Waals surface area contributed by atoms with Gasteiger partial charge in [-0.15, -0.1) is 0 Å². The summed E-state index contributed by atoms with van der Waals surface area (Å²) in [4.78, 5) is 38.1. The summed E-state index contributed by atoms with van der Waals surface area (Å²) in [5.74, 6) is -0.814. The molecule has 2 N–H and O–H groups in total. The number of hydrogen-bond donors (Lipinski definition) is 2. The Bertz CT molecular complexity index is 922. The van der Waals surface area contributed by atoms with Crippen LogP contribution in [0.1, 0.15) is 18.1 Å². The molecule has 6 nitrogen and oxygen atoms in total. The van der Waals surface area contributed by atoms with Gasteiger partial charge in [-0.25, -0.2) is 0 Å². The van der Waals surface area contributed by atoms with Crippen LogP contribution in [-0.2, 0) is 16.0 Å². The van der Waals surface area contributed by atoms with E-state index in [2.05, 4.69) is 5.32 Å². The number of imide groups is 1. The first-order valence-electron chi connectivity index (χ1n) is 8.40. The number of aryl methyl sites for hydroxylation is 1. The van der Waals surface area contributed by atoms with Gasteiger partial charge >= 0.3 is 0 Å². The average Bonchev–Trinajstić information content (AvgIpc) is 2.91. The molecule has 0 radical (unpaired) electrons. The summed E-state index contributed by atoms with van der Waals surface area (Å²) in [6.07, 6.45) is 2.32. The van der Waals surface area contributed by atoms with Crippen molar-refractivity contribution in [3.8, 4) is 5.75 Å². The smallest absolute Gasteiger partial charge is 0.294 e. The third-order valence-electron chi connectivity index (χ3n) is 4.04. The molecule has 0 bridgehead atoms. The minimum atomic E-state index is -0.503. The number of aromatic hydroxyl groups is 1. The Morgan fingerprint density at radius 2 is 1.85 bits per heavy atom. The van der Waals surface area contributed by atoms with Crippen molar-refractivity contribution in [1.29, 1.82) is 0 Å². The molecular formula is C20H18N2O4S. The summed E-state index contributed by atoms with van der Waals surface area (Å²) in [6.45, 7) is 1.64. The number of para-hydroxylation sites is 1. The zero-order valence-corrected chi connectivity index (χ0v) is 15.5. The van der Waals surface area contributed by atoms with Crippen molar-refractivity contribution in [3.05, 3.63) is 64.6 Å². The zero-order chi connectivity index (χ0) is 19.4. The predicted molar refractivity (Wildman–Crippen MR) is 105 cm³/mol. The number of thioether (sulfide) groups is 1. The number of carbonyl (C=O) groups excluding carboxylic acids is 3. The number of nitrogens with zero attached hydrogens (tertiary/aromatic N) is 1. The molecule has 1 fully saturated rings. The third kappa shape index (κ3) is 4.38. The Morgan fingerprint density at radius 3 is 2.56 bits per heavy atom. The Balaban J connectivity index is 1.70. The number of anilines is 1. The van der Waals surface area contributed by atoms with E-state index in [0.717, 1.165) is 28.6 Å². The molecule has 27 heavy (non-hydrogen) atoms. The Morgan fingerprint density at radius 1 is 1.15 bits per heavy atom. The molecule has 0 atom stereocenters. The Labute approximate surface area is 160 Å². The fourth-order valence-electron chi connectivity index (χ4n) is 2.64. The van der Waals surface area contributed by atoms with Crippen LogP contribution in [-0.4, -0.2) is 33.6 Å². The van der Waals surface area contributed by atoms with Crippen molar-refractivity contribution in [2.45, 2.75) is 13.3 Å². The number of rotatable bonds is 5. The van der Waals surface area contributed by atoms with E-state index < -0.39 is 17.1 Å². The highest BCUT2D eigenvalue weighted by atomic mass is 32.2. The maximum absolute atomic E-state index is 12.5. The summed E-state index contributed by atoms with van der Waals surface area (Å²) in [5, 5.41) is 11.6. The zero-order valence-electron chi connectivity index (χ0n) is 14.6. The lowest BCUT2D eigenvalue weighted by molar-refractivity contribution is -0.127. The molecule has 2 aromatic rings. The summed E-state index contributed by atoms with van der Waals surface area (Å²) < 4.78 is 0. The van der Waals surface area contributed by atoms with Crippen LogP contribution >= 0.6 is 11.8 Å². The molecular weight excluding hydrogens is 364 g/mol. The largest absolute Gasteiger partial charge is 0.508 e. The lowest BCUT2D eigenvalue weighted by Crippen LogP contribution is -2.36. The molecule has 3 rings (SSSR count). The van der Waals surface area contributed by atoms with Crippen LogP contribution in [0.5, 0.6) is 5.75 Å². The minimum Gasteiger partial charge on any atom is -0.508 e. The third-order valence-corrected chi connectivity index (χ3v) is 4.95. The molecule has 1 heterocycles. The maximum Gasteiger partial charge on any atom is 0.294 e. The number of amides is 3. The fraction of sp³-hybridized carbons (Fsp3) is 0.150. The number of hydrogen-bond acceptors (Lipinski definition) is 5. The topological polar surface area (TPSA) is 86.7 Å². The molecule has 3 amide bonds. The maximum atomic E-state index is 12.5. The monoisotopic (exact) mass is 382 g/mol. The quantitative estimate of drug-likeness (QED) is 0.771. The molecule has 0 saturated carbocycles. The van der Waals surface area contributed by atoms with Gasteiger partial charge in [0.25, 0.3) is 11.1 Å². The van der Waals surface area contributed by atoms with Crippen LogP contribution in [0.15, 0.2) is 53.4 Å². The first kappa shape index (κ1) is 18.7. The summed E-state index contributed by atoms with van der Waals surface area (Å²) in [5.41, 5.74) is 2.34. The highest BCUT2D eigenvalue weighted by molar-refractivity contribution is 8.18. The van der Waals surface area contributed by atoms with E-state index in [1.165, 1.54) is 12.1 Å². The number of phenols is 1. The molecule has 1 saturated heterocycles. The van der Waals surface area contributed by atoms with Gasteiger partial charge in [-0.2, -0.15) is 0 Å². The van der Waals surface area contributed by atoms with Crippen LogP contribution in [0.4, 0.5) is 10.5 Å². The van der Waals surface area contributed by atoms with Gasteiger partial charge in [0.15, 0.2) is 0 Å². The molecule has 1 aliphatic rings. The SMILES string of the molecule is CCc1ccccc1NC(=O)CN1C(=O)S/C(=C\c2ccc(O)cc2)C1=O. The van der Waals surface area contributed by atoms with E-state index in [-0.39, 0.29) is 17.2 Å². The van der Waals surface area contributed by atoms with Gasteiger partial charge in [0.1, 0.15) is 12.3 Å². The van der Waals surface area contributed by atoms with Gasteiger partial charge in [-0.1, -0.05) is 37.3 Å². The lowest BCUT2D eigenvalue weighted by atomic mass is 10.1. The molecule has 0 spiro atoms. The van der Waals surface area contributed by atoms with Crippen molar-refractivity contribution in [2.24, 2.45) is 0 Å². The Kier molecular flexibility index (Phi) is 5.61. The van der Waals surface area contributed by atoms with Gasteiger partial charge in [0, 0.05) is 5.69 Å². The number of nitrogens with one attached hydrogen (secondary N) is 1. The second-order valence-corrected chi connectivity index (χ2v) is 6.91. The minimum absolute atomic E-state index is 0.115. The summed E-state index contributed by atoms with van der Waals surface area (Å²) in [7, 11) is 0. The molecule has 0 aliphatic carbocycles. The van der Waals surface area contributed by atoms with Gasteiger partial charge in [0.05, 0.1) is 4.91 Å². The molecule has 138 valence electrons. The van der Waals surface area contributed by atoms with Crippen LogP contribution < -0.4 is 5.32 Å². The van der Waals surface area contributed by atoms with E-state index >= 15 is 0 Å². The predicted octanol–water partition coefficient (Wildman–Crippen LogP) is 3.63. The van der Waals surface area contributed by atoms with Crippen molar-refractivity contribution in [3.63, 3.8) is 0 Å². The lowest BCUT2D eigenvalue weighted by Gasteiger charge is -2.14. The second kappa shape index (κ2) is 8.09. The van der Waals surface area contributed by atoms with Gasteiger partial charge in [-0.3, -0.25) is 19.3 Å². The van der Waals surface area contributed by atoms with Gasteiger partial charge in [0.2, 0.25) is 5.91 Å². The molecule has 1 aliphatic heterocycles. The molecule has 0 aromatic heterocycles. The highest BCUT2D eigenvalue weighted by Gasteiger charge is 2.36. The highest BCUT2D eigenvalue weighted by Crippen LogP contribution is 2.32. The van der Waals surface area contributed by atoms with Gasteiger partial charge in [-0.05, 0) is 53.6 Å². The van der Waals surface area contributed by atoms with Crippen LogP contribution in [0, 0.1) is 0 Å². The van der Waals surface area contributed by atoms with E-state index in [0.29, 0.717) is 11.3 Å². The molecule has 0 unspecified atom stereocenters. The van der Waals surface area contributed by atoms with Crippen molar-refractivity contribution < 1.29 is 19.5 Å². The first-order valence-corrected chi connectivity index (χ1v) is 9.21. The standard InChI is InChI=1S/C20H18N2O4S/c1-2-14-5-3-4-6-16(14)21-18(24)12-22-19(25)17(27-20(22)26)11-13-7-9-15(23)10-8-13/h3-11,23H,2,12H2,1H3,(H,21,24)/b17-11-. The number of carbonyl (C=O) groups is 3. The second-order valence-electron chi connectivity index (χ2n) is 5.92. The van der Waals surface area contributed by atoms with E-state index in [9.17, 15) is 19.5 Å². The van der Waals surface area contributed by atoms with Crippen LogP contribution in [0.3, 0.4) is 0 Å². The Hall–Kier alpha value is -3.06. The molecule has 2 aromatic carbocycles. The van der Waals surface area contributed by atoms with E-state index in [1.54, 1.807) is 24.3 Å². The van der Waals surface area contributed by atoms with E-state index in [4.69, 9.17) is 0 Å². The summed E-state index contributed by atoms with van der Waals surface area (Å²) >= 11 is 0.793. The number of benzene rings is 2. The van der Waals surface area contributed by atoms with Gasteiger partial charge < -0.3 is 10.4 Å². The summed E-state index contributed by atoms with van der Waals surface area (Å²) in [6, 6.07) is 13.7. The van der Waals surface area contributed by atoms with Crippen LogP contribution in [0.2, 0.25) is 0 Å². The fourth-order valence-corrected chi connectivity index (χ4v) is 3.48. The normalized spacial score (nSPS) is 15.4. The van der Waals surface area contributed by atoms with Crippen LogP contribution in [0.25, 0.3) is 6.08 Å². The molecule has 7 heteroatoms. The van der Waals surface area contributed by atoms with E-state index in [1.807, 2.05) is 25.1 Å². The van der Waals surface area contributed by atoms with Crippen molar-refractivity contribution >= 4 is 40.6 Å². The van der Waals surface area contributed by atoms with Crippen molar-refractivity contribution in [1.82, 2.24) is 4.90 Å². The first-order chi connectivity index (χ1) is 13.0.